The van der Waals surface area contributed by atoms with Crippen LogP contribution in [0.3, 0.4) is 0 Å². The largest absolute Gasteiger partial charge is 0.491 e. The number of imidazole rings is 1. The van der Waals surface area contributed by atoms with Crippen LogP contribution in [0.2, 0.25) is 0 Å². The molecule has 0 saturated carbocycles. The molecule has 0 unspecified atom stereocenters. The first kappa shape index (κ1) is 17.2. The molecular formula is C19H20N2O3S. The molecule has 1 heterocycles. The highest BCUT2D eigenvalue weighted by molar-refractivity contribution is 7.90. The molecule has 1 aromatic heterocycles. The summed E-state index contributed by atoms with van der Waals surface area (Å²) in [7, 11) is -3.20. The van der Waals surface area contributed by atoms with Crippen molar-refractivity contribution >= 4 is 9.84 Å². The molecule has 0 aliphatic rings. The van der Waals surface area contributed by atoms with Gasteiger partial charge in [-0.25, -0.2) is 13.4 Å². The van der Waals surface area contributed by atoms with Gasteiger partial charge < -0.3 is 4.74 Å². The second-order valence-corrected chi connectivity index (χ2v) is 8.12. The molecule has 0 bridgehead atoms. The first-order chi connectivity index (χ1) is 11.8. The molecule has 0 aliphatic heterocycles. The van der Waals surface area contributed by atoms with E-state index in [4.69, 9.17) is 4.74 Å². The normalized spacial score (nSPS) is 11.7. The van der Waals surface area contributed by atoms with Crippen LogP contribution in [-0.2, 0) is 9.84 Å². The lowest BCUT2D eigenvalue weighted by atomic mass is 10.1. The molecule has 5 nitrogen and oxygen atoms in total. The Hall–Kier alpha value is -2.60. The zero-order valence-corrected chi connectivity index (χ0v) is 15.2. The van der Waals surface area contributed by atoms with Crippen LogP contribution in [0.5, 0.6) is 5.75 Å². The van der Waals surface area contributed by atoms with E-state index in [1.54, 1.807) is 36.8 Å². The van der Waals surface area contributed by atoms with Gasteiger partial charge in [-0.2, -0.15) is 0 Å². The van der Waals surface area contributed by atoms with E-state index in [1.165, 1.54) is 6.26 Å². The van der Waals surface area contributed by atoms with Crippen LogP contribution < -0.4 is 4.74 Å². The van der Waals surface area contributed by atoms with E-state index in [9.17, 15) is 8.42 Å². The van der Waals surface area contributed by atoms with Gasteiger partial charge in [0.05, 0.1) is 29.2 Å². The Kier molecular flexibility index (Phi) is 4.63. The number of rotatable bonds is 5. The smallest absolute Gasteiger partial charge is 0.175 e. The minimum atomic E-state index is -3.20. The molecule has 0 N–H and O–H groups in total. The van der Waals surface area contributed by atoms with E-state index in [0.717, 1.165) is 22.7 Å². The maximum atomic E-state index is 11.6. The van der Waals surface area contributed by atoms with Crippen LogP contribution in [0, 0.1) is 0 Å². The zero-order valence-electron chi connectivity index (χ0n) is 14.4. The second-order valence-electron chi connectivity index (χ2n) is 6.11. The van der Waals surface area contributed by atoms with Crippen molar-refractivity contribution in [1.29, 1.82) is 0 Å². The van der Waals surface area contributed by atoms with Gasteiger partial charge in [0.1, 0.15) is 5.75 Å². The van der Waals surface area contributed by atoms with Crippen LogP contribution in [-0.4, -0.2) is 30.3 Å². The van der Waals surface area contributed by atoms with E-state index < -0.39 is 9.84 Å². The third-order valence-electron chi connectivity index (χ3n) is 3.70. The van der Waals surface area contributed by atoms with Crippen molar-refractivity contribution in [2.24, 2.45) is 0 Å². The molecule has 2 aromatic carbocycles. The van der Waals surface area contributed by atoms with Gasteiger partial charge in [-0.1, -0.05) is 0 Å². The SMILES string of the molecule is CC(C)Oc1ccc(-c2cncn2-c2ccc(S(C)(=O)=O)cc2)cc1. The van der Waals surface area contributed by atoms with Gasteiger partial charge in [0.25, 0.3) is 0 Å². The number of ether oxygens (including phenoxy) is 1. The second kappa shape index (κ2) is 6.72. The van der Waals surface area contributed by atoms with Crippen LogP contribution in [0.4, 0.5) is 0 Å². The first-order valence-corrected chi connectivity index (χ1v) is 9.83. The lowest BCUT2D eigenvalue weighted by Gasteiger charge is -2.12. The highest BCUT2D eigenvalue weighted by Gasteiger charge is 2.10. The van der Waals surface area contributed by atoms with Gasteiger partial charge in [-0.15, -0.1) is 0 Å². The number of hydrogen-bond acceptors (Lipinski definition) is 4. The van der Waals surface area contributed by atoms with E-state index in [2.05, 4.69) is 4.98 Å². The summed E-state index contributed by atoms with van der Waals surface area (Å²) < 4.78 is 30.8. The summed E-state index contributed by atoms with van der Waals surface area (Å²) in [5.41, 5.74) is 2.77. The van der Waals surface area contributed by atoms with Crippen LogP contribution in [0.15, 0.2) is 66.0 Å². The fourth-order valence-corrected chi connectivity index (χ4v) is 3.18. The Morgan fingerprint density at radius 2 is 1.64 bits per heavy atom. The minimum Gasteiger partial charge on any atom is -0.491 e. The fraction of sp³-hybridized carbons (Fsp3) is 0.211. The Labute approximate surface area is 147 Å². The molecule has 0 atom stereocenters. The Balaban J connectivity index is 1.93. The van der Waals surface area contributed by atoms with E-state index >= 15 is 0 Å². The minimum absolute atomic E-state index is 0.129. The Bertz CT molecular complexity index is 957. The molecular weight excluding hydrogens is 336 g/mol. The molecule has 3 rings (SSSR count). The average Bonchev–Trinajstić information content (AvgIpc) is 3.04. The highest BCUT2D eigenvalue weighted by atomic mass is 32.2. The van der Waals surface area contributed by atoms with Crippen molar-refractivity contribution in [3.8, 4) is 22.7 Å². The molecule has 25 heavy (non-hydrogen) atoms. The predicted molar refractivity (Wildman–Crippen MR) is 97.9 cm³/mol. The van der Waals surface area contributed by atoms with Crippen molar-refractivity contribution in [2.75, 3.05) is 6.26 Å². The maximum absolute atomic E-state index is 11.6. The van der Waals surface area contributed by atoms with Gasteiger partial charge in [0, 0.05) is 17.5 Å². The van der Waals surface area contributed by atoms with Gasteiger partial charge in [-0.3, -0.25) is 4.57 Å². The Morgan fingerprint density at radius 1 is 1.00 bits per heavy atom. The standard InChI is InChI=1S/C19H20N2O3S/c1-14(2)24-17-8-4-15(5-9-17)19-12-20-13-21(19)16-6-10-18(11-7-16)25(3,22)23/h4-14H,1-3H3. The average molecular weight is 356 g/mol. The first-order valence-electron chi connectivity index (χ1n) is 7.94. The lowest BCUT2D eigenvalue weighted by Crippen LogP contribution is -2.05. The van der Waals surface area contributed by atoms with Gasteiger partial charge >= 0.3 is 0 Å². The maximum Gasteiger partial charge on any atom is 0.175 e. The molecule has 6 heteroatoms. The summed E-state index contributed by atoms with van der Waals surface area (Å²) in [5.74, 6) is 0.822. The van der Waals surface area contributed by atoms with Gasteiger partial charge in [0.2, 0.25) is 0 Å². The molecule has 0 aliphatic carbocycles. The summed E-state index contributed by atoms with van der Waals surface area (Å²) >= 11 is 0. The highest BCUT2D eigenvalue weighted by Crippen LogP contribution is 2.25. The lowest BCUT2D eigenvalue weighted by molar-refractivity contribution is 0.242. The zero-order chi connectivity index (χ0) is 18.0. The Morgan fingerprint density at radius 3 is 2.20 bits per heavy atom. The van der Waals surface area contributed by atoms with Crippen LogP contribution in [0.1, 0.15) is 13.8 Å². The third-order valence-corrected chi connectivity index (χ3v) is 4.83. The van der Waals surface area contributed by atoms with E-state index in [-0.39, 0.29) is 6.10 Å². The van der Waals surface area contributed by atoms with Crippen molar-refractivity contribution < 1.29 is 13.2 Å². The van der Waals surface area contributed by atoms with E-state index in [0.29, 0.717) is 4.90 Å². The number of hydrogen-bond donors (Lipinski definition) is 0. The summed E-state index contributed by atoms with van der Waals surface area (Å²) in [6.07, 6.45) is 4.82. The molecule has 3 aromatic rings. The molecule has 0 saturated heterocycles. The molecule has 0 fully saturated rings. The van der Waals surface area contributed by atoms with Gasteiger partial charge in [-0.05, 0) is 62.4 Å². The van der Waals surface area contributed by atoms with Crippen molar-refractivity contribution in [2.45, 2.75) is 24.8 Å². The van der Waals surface area contributed by atoms with Crippen LogP contribution >= 0.6 is 0 Å². The summed E-state index contributed by atoms with van der Waals surface area (Å²) in [6.45, 7) is 3.98. The molecule has 0 spiro atoms. The predicted octanol–water partition coefficient (Wildman–Crippen LogP) is 3.73. The van der Waals surface area contributed by atoms with Crippen molar-refractivity contribution in [1.82, 2.24) is 9.55 Å². The molecule has 0 amide bonds. The topological polar surface area (TPSA) is 61.2 Å². The number of nitrogens with zero attached hydrogens (tertiary/aromatic N) is 2. The van der Waals surface area contributed by atoms with Crippen molar-refractivity contribution in [3.05, 3.63) is 61.1 Å². The summed E-state index contributed by atoms with van der Waals surface area (Å²) in [5, 5.41) is 0. The quantitative estimate of drug-likeness (QED) is 0.699. The summed E-state index contributed by atoms with van der Waals surface area (Å²) in [6, 6.07) is 14.6. The third kappa shape index (κ3) is 3.91. The number of benzene rings is 2. The molecule has 130 valence electrons. The van der Waals surface area contributed by atoms with Crippen LogP contribution in [0.25, 0.3) is 16.9 Å². The van der Waals surface area contributed by atoms with E-state index in [1.807, 2.05) is 42.7 Å². The molecule has 0 radical (unpaired) electrons. The monoisotopic (exact) mass is 356 g/mol. The number of aromatic nitrogens is 2. The van der Waals surface area contributed by atoms with Crippen molar-refractivity contribution in [3.63, 3.8) is 0 Å². The van der Waals surface area contributed by atoms with Gasteiger partial charge in [0.15, 0.2) is 9.84 Å². The number of sulfone groups is 1. The fourth-order valence-electron chi connectivity index (χ4n) is 2.54. The summed E-state index contributed by atoms with van der Waals surface area (Å²) in [4.78, 5) is 4.53.